The monoisotopic (exact) mass is 468 g/mol. The minimum atomic E-state index is -0.701. The summed E-state index contributed by atoms with van der Waals surface area (Å²) in [4.78, 5) is 32.1. The highest BCUT2D eigenvalue weighted by atomic mass is 16.5. The number of rotatable bonds is 5. The fraction of sp³-hybridized carbons (Fsp3) is 0.276. The number of carbonyl (C=O) groups excluding carboxylic acids is 2. The molecule has 6 heteroatoms. The molecule has 0 spiro atoms. The van der Waals surface area contributed by atoms with Crippen molar-refractivity contribution in [3.63, 3.8) is 0 Å². The van der Waals surface area contributed by atoms with Crippen LogP contribution in [-0.2, 0) is 22.6 Å². The number of aliphatic hydroxyl groups excluding tert-OH is 1. The van der Waals surface area contributed by atoms with Gasteiger partial charge in [0.2, 0.25) is 0 Å². The number of hydrogen-bond acceptors (Lipinski definition) is 5. The predicted molar refractivity (Wildman–Crippen MR) is 133 cm³/mol. The van der Waals surface area contributed by atoms with Gasteiger partial charge in [-0.1, -0.05) is 38.1 Å². The molecule has 1 fully saturated rings. The van der Waals surface area contributed by atoms with Gasteiger partial charge in [0.1, 0.15) is 17.6 Å². The first kappa shape index (κ1) is 22.8. The Morgan fingerprint density at radius 2 is 1.80 bits per heavy atom. The first-order valence-corrected chi connectivity index (χ1v) is 11.9. The van der Waals surface area contributed by atoms with Crippen LogP contribution in [0.5, 0.6) is 5.75 Å². The lowest BCUT2D eigenvalue weighted by Crippen LogP contribution is -2.29. The van der Waals surface area contributed by atoms with Crippen molar-refractivity contribution in [2.24, 2.45) is 0 Å². The van der Waals surface area contributed by atoms with Gasteiger partial charge in [0.15, 0.2) is 0 Å². The lowest BCUT2D eigenvalue weighted by Gasteiger charge is -2.26. The zero-order valence-electron chi connectivity index (χ0n) is 20.1. The van der Waals surface area contributed by atoms with E-state index in [2.05, 4.69) is 18.8 Å². The molecule has 0 bridgehead atoms. The van der Waals surface area contributed by atoms with Crippen LogP contribution in [0.25, 0.3) is 5.76 Å². The Bertz CT molecular complexity index is 1310. The molecule has 0 aliphatic carbocycles. The summed E-state index contributed by atoms with van der Waals surface area (Å²) in [6.45, 7) is 6.45. The normalized spacial score (nSPS) is 20.9. The van der Waals surface area contributed by atoms with Crippen molar-refractivity contribution in [1.82, 2.24) is 9.88 Å². The maximum absolute atomic E-state index is 13.3. The molecule has 0 unspecified atom stereocenters. The summed E-state index contributed by atoms with van der Waals surface area (Å²) in [7, 11) is 0. The number of carbonyl (C=O) groups is 2. The lowest BCUT2D eigenvalue weighted by atomic mass is 9.92. The molecule has 1 amide bonds. The zero-order chi connectivity index (χ0) is 24.7. The highest BCUT2D eigenvalue weighted by molar-refractivity contribution is 6.46. The smallest absolute Gasteiger partial charge is 0.295 e. The maximum Gasteiger partial charge on any atom is 0.295 e. The van der Waals surface area contributed by atoms with Gasteiger partial charge in [-0.15, -0.1) is 0 Å². The summed E-state index contributed by atoms with van der Waals surface area (Å²) < 4.78 is 5.78. The van der Waals surface area contributed by atoms with Crippen LogP contribution in [0, 0.1) is 0 Å². The number of amides is 1. The van der Waals surface area contributed by atoms with Crippen molar-refractivity contribution in [1.29, 1.82) is 0 Å². The van der Waals surface area contributed by atoms with E-state index in [1.807, 2.05) is 55.5 Å². The van der Waals surface area contributed by atoms with Gasteiger partial charge in [0.25, 0.3) is 11.7 Å². The lowest BCUT2D eigenvalue weighted by molar-refractivity contribution is -0.140. The highest BCUT2D eigenvalue weighted by Gasteiger charge is 2.46. The number of ketones is 1. The van der Waals surface area contributed by atoms with E-state index >= 15 is 0 Å². The molecule has 1 N–H and O–H groups in total. The molecule has 0 radical (unpaired) electrons. The number of fused-ring (bicyclic) bond motifs is 1. The molecule has 0 saturated carbocycles. The molecular formula is C29H28N2O4. The van der Waals surface area contributed by atoms with Crippen LogP contribution >= 0.6 is 0 Å². The fourth-order valence-corrected chi connectivity index (χ4v) is 4.86. The second-order valence-corrected chi connectivity index (χ2v) is 9.56. The van der Waals surface area contributed by atoms with E-state index in [9.17, 15) is 14.7 Å². The Morgan fingerprint density at radius 3 is 2.49 bits per heavy atom. The zero-order valence-corrected chi connectivity index (χ0v) is 20.1. The fourth-order valence-electron chi connectivity index (χ4n) is 4.86. The number of benzene rings is 2. The van der Waals surface area contributed by atoms with Crippen molar-refractivity contribution >= 4 is 17.4 Å². The number of ether oxygens (including phenoxy) is 1. The number of nitrogens with zero attached hydrogens (tertiary/aromatic N) is 2. The van der Waals surface area contributed by atoms with Gasteiger partial charge in [-0.3, -0.25) is 14.6 Å². The summed E-state index contributed by atoms with van der Waals surface area (Å²) in [6.07, 6.45) is 4.11. The van der Waals surface area contributed by atoms with Crippen LogP contribution in [0.1, 0.15) is 60.5 Å². The molecule has 6 nitrogen and oxygen atoms in total. The van der Waals surface area contributed by atoms with E-state index in [1.165, 1.54) is 4.90 Å². The molecule has 3 aromatic rings. The Kier molecular flexibility index (Phi) is 5.89. The molecule has 2 aliphatic heterocycles. The first-order valence-electron chi connectivity index (χ1n) is 11.9. The second kappa shape index (κ2) is 9.02. The Hall–Kier alpha value is -3.93. The molecule has 2 atom stereocenters. The average molecular weight is 469 g/mol. The third-order valence-corrected chi connectivity index (χ3v) is 6.73. The molecule has 1 saturated heterocycles. The van der Waals surface area contributed by atoms with Crippen molar-refractivity contribution in [2.75, 3.05) is 0 Å². The summed E-state index contributed by atoms with van der Waals surface area (Å²) in [5.41, 5.74) is 4.38. The van der Waals surface area contributed by atoms with Gasteiger partial charge in [0.05, 0.1) is 11.6 Å². The maximum atomic E-state index is 13.3. The van der Waals surface area contributed by atoms with Crippen molar-refractivity contribution in [3.05, 3.63) is 100 Å². The largest absolute Gasteiger partial charge is 0.507 e. The number of aromatic nitrogens is 1. The Balaban J connectivity index is 1.62. The summed E-state index contributed by atoms with van der Waals surface area (Å²) in [6, 6.07) is 16.3. The van der Waals surface area contributed by atoms with Crippen LogP contribution in [0.4, 0.5) is 0 Å². The van der Waals surface area contributed by atoms with Crippen molar-refractivity contribution in [2.45, 2.75) is 51.8 Å². The van der Waals surface area contributed by atoms with Crippen LogP contribution in [0.3, 0.4) is 0 Å². The molecule has 5 rings (SSSR count). The number of pyridine rings is 1. The summed E-state index contributed by atoms with van der Waals surface area (Å²) in [5, 5.41) is 11.4. The number of aliphatic hydroxyl groups is 1. The highest BCUT2D eigenvalue weighted by Crippen LogP contribution is 2.41. The van der Waals surface area contributed by atoms with E-state index in [-0.39, 0.29) is 24.0 Å². The Labute approximate surface area is 204 Å². The topological polar surface area (TPSA) is 79.7 Å². The van der Waals surface area contributed by atoms with Crippen LogP contribution in [0.2, 0.25) is 0 Å². The van der Waals surface area contributed by atoms with E-state index in [4.69, 9.17) is 4.74 Å². The molecule has 3 heterocycles. The van der Waals surface area contributed by atoms with E-state index in [0.29, 0.717) is 11.5 Å². The number of Topliss-reactive ketones (excluding diaryl/α,β-unsaturated/α-hetero) is 1. The first-order chi connectivity index (χ1) is 16.8. The molecule has 2 aliphatic rings. The van der Waals surface area contributed by atoms with Gasteiger partial charge < -0.3 is 14.7 Å². The predicted octanol–water partition coefficient (Wildman–Crippen LogP) is 5.15. The summed E-state index contributed by atoms with van der Waals surface area (Å²) >= 11 is 0. The molecule has 2 aromatic carbocycles. The molecular weight excluding hydrogens is 440 g/mol. The van der Waals surface area contributed by atoms with Crippen LogP contribution in [0.15, 0.2) is 72.6 Å². The van der Waals surface area contributed by atoms with Gasteiger partial charge in [-0.05, 0) is 65.4 Å². The standard InChI is InChI=1S/C29H28N2O4/c1-17(2)20-4-6-21(7-5-20)26-25(27(32)22-8-9-24-23(15-22)14-18(3)35-24)28(33)29(34)31(26)16-19-10-12-30-13-11-19/h4-13,15,17-18,26,32H,14,16H2,1-3H3/t18-,26-/m1/s1. The number of hydrogen-bond donors (Lipinski definition) is 1. The quantitative estimate of drug-likeness (QED) is 0.318. The SMILES string of the molecule is CC(C)c1ccc([C@@H]2C(=C(O)c3ccc4c(c3)C[C@@H](C)O4)C(=O)C(=O)N2Cc2ccncc2)cc1. The number of likely N-dealkylation sites (tertiary alicyclic amines) is 1. The van der Waals surface area contributed by atoms with Gasteiger partial charge in [0, 0.05) is 30.9 Å². The molecule has 178 valence electrons. The minimum absolute atomic E-state index is 0.0628. The van der Waals surface area contributed by atoms with E-state index < -0.39 is 17.7 Å². The molecule has 35 heavy (non-hydrogen) atoms. The van der Waals surface area contributed by atoms with Gasteiger partial charge in [-0.2, -0.15) is 0 Å². The van der Waals surface area contributed by atoms with Crippen LogP contribution < -0.4 is 4.74 Å². The van der Waals surface area contributed by atoms with Gasteiger partial charge in [-0.25, -0.2) is 0 Å². The average Bonchev–Trinajstić information content (AvgIpc) is 3.35. The van der Waals surface area contributed by atoms with Crippen molar-refractivity contribution < 1.29 is 19.4 Å². The third kappa shape index (κ3) is 4.20. The van der Waals surface area contributed by atoms with Crippen LogP contribution in [-0.4, -0.2) is 32.8 Å². The van der Waals surface area contributed by atoms with Crippen molar-refractivity contribution in [3.8, 4) is 5.75 Å². The van der Waals surface area contributed by atoms with Gasteiger partial charge >= 0.3 is 0 Å². The van der Waals surface area contributed by atoms with E-state index in [0.717, 1.165) is 34.4 Å². The Morgan fingerprint density at radius 1 is 1.09 bits per heavy atom. The summed E-state index contributed by atoms with van der Waals surface area (Å²) in [5.74, 6) is -0.337. The van der Waals surface area contributed by atoms with E-state index in [1.54, 1.807) is 18.5 Å². The molecule has 1 aromatic heterocycles. The minimum Gasteiger partial charge on any atom is -0.507 e. The second-order valence-electron chi connectivity index (χ2n) is 9.56. The third-order valence-electron chi connectivity index (χ3n) is 6.73.